The largest absolute Gasteiger partial charge is 0.483 e. The minimum atomic E-state index is -0.135. The molecule has 0 atom stereocenters. The molecule has 0 bridgehead atoms. The SMILES string of the molecule is Cc1cccc(C)c1OCC(=O)N1CCN(C(=O)c2ccco2)CC1. The molecule has 3 rings (SSSR count). The first-order valence-corrected chi connectivity index (χ1v) is 8.36. The third-order valence-corrected chi connectivity index (χ3v) is 4.40. The zero-order valence-electron chi connectivity index (χ0n) is 14.5. The van der Waals surface area contributed by atoms with E-state index in [1.807, 2.05) is 32.0 Å². The molecule has 132 valence electrons. The summed E-state index contributed by atoms with van der Waals surface area (Å²) in [6.07, 6.45) is 1.48. The van der Waals surface area contributed by atoms with Gasteiger partial charge in [-0.2, -0.15) is 0 Å². The molecule has 1 aliphatic heterocycles. The van der Waals surface area contributed by atoms with Crippen LogP contribution in [0.1, 0.15) is 21.7 Å². The molecule has 25 heavy (non-hydrogen) atoms. The first-order valence-electron chi connectivity index (χ1n) is 8.36. The lowest BCUT2D eigenvalue weighted by Gasteiger charge is -2.34. The van der Waals surface area contributed by atoms with Crippen LogP contribution in [-0.2, 0) is 4.79 Å². The molecule has 6 nitrogen and oxygen atoms in total. The average molecular weight is 342 g/mol. The number of hydrogen-bond donors (Lipinski definition) is 0. The van der Waals surface area contributed by atoms with Crippen LogP contribution in [0.15, 0.2) is 41.0 Å². The van der Waals surface area contributed by atoms with Gasteiger partial charge in [-0.15, -0.1) is 0 Å². The van der Waals surface area contributed by atoms with Crippen molar-refractivity contribution >= 4 is 11.8 Å². The fourth-order valence-corrected chi connectivity index (χ4v) is 2.97. The monoisotopic (exact) mass is 342 g/mol. The van der Waals surface area contributed by atoms with Gasteiger partial charge in [0.05, 0.1) is 6.26 Å². The Bertz CT molecular complexity index is 727. The number of ether oxygens (including phenoxy) is 1. The molecule has 0 saturated carbocycles. The van der Waals surface area contributed by atoms with E-state index in [-0.39, 0.29) is 18.4 Å². The lowest BCUT2D eigenvalue weighted by molar-refractivity contribution is -0.134. The first kappa shape index (κ1) is 17.1. The van der Waals surface area contributed by atoms with Crippen LogP contribution in [-0.4, -0.2) is 54.4 Å². The lowest BCUT2D eigenvalue weighted by Crippen LogP contribution is -2.51. The second-order valence-electron chi connectivity index (χ2n) is 6.16. The number of aryl methyl sites for hydroxylation is 2. The van der Waals surface area contributed by atoms with Gasteiger partial charge in [-0.1, -0.05) is 18.2 Å². The van der Waals surface area contributed by atoms with Crippen molar-refractivity contribution in [3.8, 4) is 5.75 Å². The summed E-state index contributed by atoms with van der Waals surface area (Å²) in [5.74, 6) is 0.900. The predicted octanol–water partition coefficient (Wildman–Crippen LogP) is 2.26. The molecule has 2 aromatic rings. The van der Waals surface area contributed by atoms with Crippen molar-refractivity contribution in [2.45, 2.75) is 13.8 Å². The summed E-state index contributed by atoms with van der Waals surface area (Å²) in [7, 11) is 0. The maximum atomic E-state index is 12.4. The molecular weight excluding hydrogens is 320 g/mol. The number of para-hydroxylation sites is 1. The third-order valence-electron chi connectivity index (χ3n) is 4.40. The van der Waals surface area contributed by atoms with E-state index in [2.05, 4.69) is 0 Å². The quantitative estimate of drug-likeness (QED) is 0.855. The highest BCUT2D eigenvalue weighted by atomic mass is 16.5. The number of carbonyl (C=O) groups is 2. The molecule has 0 radical (unpaired) electrons. The zero-order chi connectivity index (χ0) is 17.8. The Balaban J connectivity index is 1.51. The van der Waals surface area contributed by atoms with E-state index < -0.39 is 0 Å². The Labute approximate surface area is 147 Å². The molecule has 0 N–H and O–H groups in total. The van der Waals surface area contributed by atoms with Crippen molar-refractivity contribution in [1.82, 2.24) is 9.80 Å². The predicted molar refractivity (Wildman–Crippen MR) is 92.6 cm³/mol. The number of hydrogen-bond acceptors (Lipinski definition) is 4. The van der Waals surface area contributed by atoms with Gasteiger partial charge in [-0.25, -0.2) is 0 Å². The summed E-state index contributed by atoms with van der Waals surface area (Å²) in [5, 5.41) is 0. The van der Waals surface area contributed by atoms with Crippen molar-refractivity contribution in [1.29, 1.82) is 0 Å². The highest BCUT2D eigenvalue weighted by Gasteiger charge is 2.26. The van der Waals surface area contributed by atoms with Crippen LogP contribution in [0.5, 0.6) is 5.75 Å². The highest BCUT2D eigenvalue weighted by Crippen LogP contribution is 2.22. The molecule has 1 aromatic heterocycles. The van der Waals surface area contributed by atoms with Gasteiger partial charge in [-0.05, 0) is 37.1 Å². The summed E-state index contributed by atoms with van der Waals surface area (Å²) >= 11 is 0. The fraction of sp³-hybridized carbons (Fsp3) is 0.368. The average Bonchev–Trinajstić information content (AvgIpc) is 3.15. The molecule has 2 heterocycles. The fourth-order valence-electron chi connectivity index (χ4n) is 2.97. The Kier molecular flexibility index (Phi) is 5.07. The maximum absolute atomic E-state index is 12.4. The summed E-state index contributed by atoms with van der Waals surface area (Å²) < 4.78 is 10.9. The van der Waals surface area contributed by atoms with Crippen molar-refractivity contribution in [3.05, 3.63) is 53.5 Å². The van der Waals surface area contributed by atoms with Crippen molar-refractivity contribution in [2.24, 2.45) is 0 Å². The normalized spacial score (nSPS) is 14.5. The van der Waals surface area contributed by atoms with Gasteiger partial charge in [0, 0.05) is 26.2 Å². The molecule has 0 unspecified atom stereocenters. The van der Waals surface area contributed by atoms with Crippen LogP contribution in [0, 0.1) is 13.8 Å². The van der Waals surface area contributed by atoms with E-state index in [4.69, 9.17) is 9.15 Å². The summed E-state index contributed by atoms with van der Waals surface area (Å²) in [6, 6.07) is 9.24. The third kappa shape index (κ3) is 3.84. The van der Waals surface area contributed by atoms with Gasteiger partial charge < -0.3 is 19.0 Å². The number of rotatable bonds is 4. The Hall–Kier alpha value is -2.76. The Morgan fingerprint density at radius 1 is 1.00 bits per heavy atom. The smallest absolute Gasteiger partial charge is 0.289 e. The van der Waals surface area contributed by atoms with E-state index in [9.17, 15) is 9.59 Å². The van der Waals surface area contributed by atoms with E-state index in [0.717, 1.165) is 16.9 Å². The van der Waals surface area contributed by atoms with Crippen LogP contribution in [0.2, 0.25) is 0 Å². The topological polar surface area (TPSA) is 63.0 Å². The van der Waals surface area contributed by atoms with Gasteiger partial charge in [0.2, 0.25) is 0 Å². The maximum Gasteiger partial charge on any atom is 0.289 e. The number of amides is 2. The van der Waals surface area contributed by atoms with Gasteiger partial charge in [0.25, 0.3) is 11.8 Å². The van der Waals surface area contributed by atoms with E-state index in [0.29, 0.717) is 31.9 Å². The van der Waals surface area contributed by atoms with E-state index >= 15 is 0 Å². The van der Waals surface area contributed by atoms with Crippen LogP contribution in [0.25, 0.3) is 0 Å². The van der Waals surface area contributed by atoms with Gasteiger partial charge in [0.15, 0.2) is 12.4 Å². The number of benzene rings is 1. The number of piperazine rings is 1. The lowest BCUT2D eigenvalue weighted by atomic mass is 10.1. The standard InChI is InChI=1S/C19H22N2O4/c1-14-5-3-6-15(2)18(14)25-13-17(22)20-8-10-21(11-9-20)19(23)16-7-4-12-24-16/h3-7,12H,8-11,13H2,1-2H3. The minimum absolute atomic E-state index is 0.0117. The van der Waals surface area contributed by atoms with Crippen molar-refractivity contribution in [3.63, 3.8) is 0 Å². The minimum Gasteiger partial charge on any atom is -0.483 e. The number of furan rings is 1. The molecule has 1 aromatic carbocycles. The Morgan fingerprint density at radius 3 is 2.24 bits per heavy atom. The second kappa shape index (κ2) is 7.42. The molecule has 0 aliphatic carbocycles. The van der Waals surface area contributed by atoms with Gasteiger partial charge >= 0.3 is 0 Å². The van der Waals surface area contributed by atoms with Crippen LogP contribution >= 0.6 is 0 Å². The molecule has 0 spiro atoms. The molecule has 1 saturated heterocycles. The van der Waals surface area contributed by atoms with Gasteiger partial charge in [-0.3, -0.25) is 9.59 Å². The Morgan fingerprint density at radius 2 is 1.64 bits per heavy atom. The summed E-state index contributed by atoms with van der Waals surface area (Å²) in [6.45, 7) is 5.93. The summed E-state index contributed by atoms with van der Waals surface area (Å²) in [5.41, 5.74) is 2.03. The zero-order valence-corrected chi connectivity index (χ0v) is 14.5. The number of nitrogens with zero attached hydrogens (tertiary/aromatic N) is 2. The number of carbonyl (C=O) groups excluding carboxylic acids is 2. The van der Waals surface area contributed by atoms with Crippen molar-refractivity contribution < 1.29 is 18.7 Å². The van der Waals surface area contributed by atoms with Crippen LogP contribution < -0.4 is 4.74 Å². The van der Waals surface area contributed by atoms with Crippen LogP contribution in [0.4, 0.5) is 0 Å². The molecular formula is C19H22N2O4. The summed E-state index contributed by atoms with van der Waals surface area (Å²) in [4.78, 5) is 28.0. The highest BCUT2D eigenvalue weighted by molar-refractivity contribution is 5.91. The van der Waals surface area contributed by atoms with E-state index in [1.165, 1.54) is 6.26 Å². The van der Waals surface area contributed by atoms with Crippen molar-refractivity contribution in [2.75, 3.05) is 32.8 Å². The first-order chi connectivity index (χ1) is 12.1. The molecule has 6 heteroatoms. The van der Waals surface area contributed by atoms with Crippen LogP contribution in [0.3, 0.4) is 0 Å². The molecule has 1 aliphatic rings. The van der Waals surface area contributed by atoms with Gasteiger partial charge in [0.1, 0.15) is 5.75 Å². The van der Waals surface area contributed by atoms with E-state index in [1.54, 1.807) is 21.9 Å². The second-order valence-corrected chi connectivity index (χ2v) is 6.16. The molecule has 2 amide bonds. The molecule has 1 fully saturated rings.